The van der Waals surface area contributed by atoms with Gasteiger partial charge in [0.15, 0.2) is 0 Å². The average Bonchev–Trinajstić information content (AvgIpc) is 2.72. The topological polar surface area (TPSA) is 75.4 Å². The fourth-order valence-corrected chi connectivity index (χ4v) is 2.08. The van der Waals surface area contributed by atoms with Crippen molar-refractivity contribution in [3.8, 4) is 0 Å². The first-order valence-electron chi connectivity index (χ1n) is 6.24. The highest BCUT2D eigenvalue weighted by Crippen LogP contribution is 2.18. The van der Waals surface area contributed by atoms with Crippen molar-refractivity contribution in [3.63, 3.8) is 0 Å². The van der Waals surface area contributed by atoms with Crippen LogP contribution in [-0.4, -0.2) is 41.9 Å². The molecule has 1 aliphatic heterocycles. The van der Waals surface area contributed by atoms with Gasteiger partial charge >= 0.3 is 0 Å². The molecule has 2 atom stereocenters. The highest BCUT2D eigenvalue weighted by molar-refractivity contribution is 5.82. The lowest BCUT2D eigenvalue weighted by atomic mass is 10.0. The number of carbonyl (C=O) groups is 2. The van der Waals surface area contributed by atoms with Gasteiger partial charge in [-0.25, -0.2) is 0 Å². The van der Waals surface area contributed by atoms with Crippen molar-refractivity contribution in [1.82, 2.24) is 10.2 Å². The van der Waals surface area contributed by atoms with Gasteiger partial charge in [0.1, 0.15) is 0 Å². The first-order chi connectivity index (χ1) is 7.93. The Morgan fingerprint density at radius 3 is 2.65 bits per heavy atom. The second-order valence-corrected chi connectivity index (χ2v) is 5.03. The van der Waals surface area contributed by atoms with E-state index in [0.717, 1.165) is 19.4 Å². The van der Waals surface area contributed by atoms with E-state index in [0.29, 0.717) is 6.54 Å². The number of rotatable bonds is 4. The SMILES string of the molecule is CC(=O)NC[C@H]1CCCN1C(=O)[C@@H](N)C(C)C. The van der Waals surface area contributed by atoms with Crippen LogP contribution in [0.4, 0.5) is 0 Å². The predicted octanol–water partition coefficient (Wildman–Crippen LogP) is 0.0968. The van der Waals surface area contributed by atoms with Gasteiger partial charge in [0, 0.05) is 26.1 Å². The van der Waals surface area contributed by atoms with Gasteiger partial charge in [-0.3, -0.25) is 9.59 Å². The Morgan fingerprint density at radius 2 is 2.12 bits per heavy atom. The van der Waals surface area contributed by atoms with E-state index in [2.05, 4.69) is 5.32 Å². The molecule has 0 saturated carbocycles. The van der Waals surface area contributed by atoms with E-state index in [1.54, 1.807) is 0 Å². The molecule has 5 nitrogen and oxygen atoms in total. The van der Waals surface area contributed by atoms with Crippen LogP contribution >= 0.6 is 0 Å². The van der Waals surface area contributed by atoms with Crippen molar-refractivity contribution in [3.05, 3.63) is 0 Å². The number of likely N-dealkylation sites (tertiary alicyclic amines) is 1. The van der Waals surface area contributed by atoms with E-state index in [4.69, 9.17) is 5.73 Å². The van der Waals surface area contributed by atoms with Gasteiger partial charge in [0.2, 0.25) is 11.8 Å². The zero-order chi connectivity index (χ0) is 13.0. The third kappa shape index (κ3) is 3.70. The number of hydrogen-bond acceptors (Lipinski definition) is 3. The third-order valence-corrected chi connectivity index (χ3v) is 3.25. The molecule has 0 radical (unpaired) electrons. The van der Waals surface area contributed by atoms with Gasteiger partial charge in [0.25, 0.3) is 0 Å². The summed E-state index contributed by atoms with van der Waals surface area (Å²) in [7, 11) is 0. The highest BCUT2D eigenvalue weighted by Gasteiger charge is 2.32. The van der Waals surface area contributed by atoms with Crippen molar-refractivity contribution >= 4 is 11.8 Å². The molecule has 1 heterocycles. The second kappa shape index (κ2) is 6.00. The molecule has 5 heteroatoms. The molecule has 0 aromatic heterocycles. The molecule has 0 aromatic rings. The molecule has 0 aromatic carbocycles. The highest BCUT2D eigenvalue weighted by atomic mass is 16.2. The van der Waals surface area contributed by atoms with Crippen molar-refractivity contribution in [2.24, 2.45) is 11.7 Å². The van der Waals surface area contributed by atoms with Crippen molar-refractivity contribution in [2.45, 2.75) is 45.7 Å². The minimum atomic E-state index is -0.437. The molecule has 0 spiro atoms. The van der Waals surface area contributed by atoms with Crippen LogP contribution in [0.3, 0.4) is 0 Å². The molecule has 0 unspecified atom stereocenters. The van der Waals surface area contributed by atoms with Gasteiger partial charge in [-0.1, -0.05) is 13.8 Å². The summed E-state index contributed by atoms with van der Waals surface area (Å²) >= 11 is 0. The lowest BCUT2D eigenvalue weighted by Gasteiger charge is -2.28. The van der Waals surface area contributed by atoms with Crippen LogP contribution in [0, 0.1) is 5.92 Å². The quantitative estimate of drug-likeness (QED) is 0.733. The van der Waals surface area contributed by atoms with Crippen LogP contribution in [-0.2, 0) is 9.59 Å². The summed E-state index contributed by atoms with van der Waals surface area (Å²) < 4.78 is 0. The Hall–Kier alpha value is -1.10. The maximum atomic E-state index is 12.1. The van der Waals surface area contributed by atoms with Gasteiger partial charge in [-0.2, -0.15) is 0 Å². The molecule has 2 amide bonds. The fraction of sp³-hybridized carbons (Fsp3) is 0.833. The number of hydrogen-bond donors (Lipinski definition) is 2. The van der Waals surface area contributed by atoms with Gasteiger partial charge in [0.05, 0.1) is 6.04 Å². The van der Waals surface area contributed by atoms with Gasteiger partial charge < -0.3 is 16.0 Å². The summed E-state index contributed by atoms with van der Waals surface area (Å²) in [6.45, 7) is 6.67. The number of carbonyl (C=O) groups excluding carboxylic acids is 2. The molecule has 98 valence electrons. The molecular weight excluding hydrogens is 218 g/mol. The molecular formula is C12H23N3O2. The normalized spacial score (nSPS) is 21.7. The van der Waals surface area contributed by atoms with Crippen molar-refractivity contribution in [2.75, 3.05) is 13.1 Å². The standard InChI is InChI=1S/C12H23N3O2/c1-8(2)11(13)12(17)15-6-4-5-10(15)7-14-9(3)16/h8,10-11H,4-7,13H2,1-3H3,(H,14,16)/t10-,11+/m1/s1. The van der Waals surface area contributed by atoms with Crippen LogP contribution in [0.5, 0.6) is 0 Å². The monoisotopic (exact) mass is 241 g/mol. The zero-order valence-electron chi connectivity index (χ0n) is 10.9. The summed E-state index contributed by atoms with van der Waals surface area (Å²) in [5.74, 6) is 0.0924. The van der Waals surface area contributed by atoms with Crippen LogP contribution in [0.15, 0.2) is 0 Å². The Kier molecular flexibility index (Phi) is 4.93. The average molecular weight is 241 g/mol. The minimum Gasteiger partial charge on any atom is -0.354 e. The Balaban J connectivity index is 2.56. The van der Waals surface area contributed by atoms with Crippen molar-refractivity contribution in [1.29, 1.82) is 0 Å². The number of nitrogens with one attached hydrogen (secondary N) is 1. The van der Waals surface area contributed by atoms with Crippen LogP contribution in [0.1, 0.15) is 33.6 Å². The summed E-state index contributed by atoms with van der Waals surface area (Å²) in [6.07, 6.45) is 1.93. The molecule has 3 N–H and O–H groups in total. The molecule has 1 fully saturated rings. The zero-order valence-corrected chi connectivity index (χ0v) is 10.9. The summed E-state index contributed by atoms with van der Waals surface area (Å²) in [5, 5.41) is 2.77. The molecule has 0 bridgehead atoms. The van der Waals surface area contributed by atoms with Gasteiger partial charge in [-0.15, -0.1) is 0 Å². The minimum absolute atomic E-state index is 0.00727. The summed E-state index contributed by atoms with van der Waals surface area (Å²) in [5.41, 5.74) is 5.88. The molecule has 1 aliphatic rings. The molecule has 0 aliphatic carbocycles. The Labute approximate surface area is 103 Å². The van der Waals surface area contributed by atoms with E-state index in [1.165, 1.54) is 6.92 Å². The van der Waals surface area contributed by atoms with E-state index in [-0.39, 0.29) is 23.8 Å². The molecule has 1 rings (SSSR count). The first kappa shape index (κ1) is 14.0. The van der Waals surface area contributed by atoms with Crippen LogP contribution < -0.4 is 11.1 Å². The summed E-state index contributed by atoms with van der Waals surface area (Å²) in [4.78, 5) is 24.8. The Bertz CT molecular complexity index is 291. The summed E-state index contributed by atoms with van der Waals surface area (Å²) in [6, 6.07) is -0.330. The molecule has 17 heavy (non-hydrogen) atoms. The number of nitrogens with zero attached hydrogens (tertiary/aromatic N) is 1. The lowest BCUT2D eigenvalue weighted by molar-refractivity contribution is -0.134. The second-order valence-electron chi connectivity index (χ2n) is 5.03. The predicted molar refractivity (Wildman–Crippen MR) is 66.2 cm³/mol. The maximum absolute atomic E-state index is 12.1. The van der Waals surface area contributed by atoms with Crippen LogP contribution in [0.2, 0.25) is 0 Å². The van der Waals surface area contributed by atoms with E-state index < -0.39 is 6.04 Å². The number of amides is 2. The van der Waals surface area contributed by atoms with Gasteiger partial charge in [-0.05, 0) is 18.8 Å². The smallest absolute Gasteiger partial charge is 0.240 e. The largest absolute Gasteiger partial charge is 0.354 e. The fourth-order valence-electron chi connectivity index (χ4n) is 2.08. The third-order valence-electron chi connectivity index (χ3n) is 3.25. The lowest BCUT2D eigenvalue weighted by Crippen LogP contribution is -2.50. The van der Waals surface area contributed by atoms with E-state index in [1.807, 2.05) is 18.7 Å². The van der Waals surface area contributed by atoms with Crippen LogP contribution in [0.25, 0.3) is 0 Å². The number of nitrogens with two attached hydrogens (primary N) is 1. The van der Waals surface area contributed by atoms with E-state index in [9.17, 15) is 9.59 Å². The maximum Gasteiger partial charge on any atom is 0.240 e. The van der Waals surface area contributed by atoms with Crippen molar-refractivity contribution < 1.29 is 9.59 Å². The first-order valence-corrected chi connectivity index (χ1v) is 6.24. The Morgan fingerprint density at radius 1 is 1.47 bits per heavy atom. The van der Waals surface area contributed by atoms with E-state index >= 15 is 0 Å². The molecule has 1 saturated heterocycles.